The van der Waals surface area contributed by atoms with Gasteiger partial charge in [-0.25, -0.2) is 0 Å². The SMILES string of the molecule is COCC[C@]1(O)CCN(C(=O)c2ccc(OC)cc2C)C[C@H]1C. The van der Waals surface area contributed by atoms with Crippen LogP contribution in [0.5, 0.6) is 5.75 Å². The lowest BCUT2D eigenvalue weighted by Crippen LogP contribution is -2.53. The minimum atomic E-state index is -0.748. The number of hydrogen-bond donors (Lipinski definition) is 1. The molecule has 2 atom stereocenters. The normalized spacial score (nSPS) is 24.6. The Morgan fingerprint density at radius 1 is 1.43 bits per heavy atom. The molecule has 0 radical (unpaired) electrons. The molecular formula is C18H27NO4. The van der Waals surface area contributed by atoms with Crippen LogP contribution >= 0.6 is 0 Å². The number of methoxy groups -OCH3 is 2. The van der Waals surface area contributed by atoms with Gasteiger partial charge in [0, 0.05) is 38.3 Å². The number of hydrogen-bond acceptors (Lipinski definition) is 4. The van der Waals surface area contributed by atoms with Gasteiger partial charge in [0.05, 0.1) is 12.7 Å². The van der Waals surface area contributed by atoms with Crippen LogP contribution in [0.4, 0.5) is 0 Å². The molecule has 1 aliphatic rings. The van der Waals surface area contributed by atoms with E-state index in [4.69, 9.17) is 9.47 Å². The van der Waals surface area contributed by atoms with E-state index in [1.54, 1.807) is 14.2 Å². The van der Waals surface area contributed by atoms with Crippen molar-refractivity contribution in [3.8, 4) is 5.75 Å². The molecule has 0 aromatic heterocycles. The van der Waals surface area contributed by atoms with Crippen LogP contribution in [0.1, 0.15) is 35.7 Å². The van der Waals surface area contributed by atoms with E-state index in [2.05, 4.69) is 0 Å². The third-order valence-electron chi connectivity index (χ3n) is 4.92. The van der Waals surface area contributed by atoms with Gasteiger partial charge >= 0.3 is 0 Å². The predicted molar refractivity (Wildman–Crippen MR) is 88.9 cm³/mol. The summed E-state index contributed by atoms with van der Waals surface area (Å²) >= 11 is 0. The van der Waals surface area contributed by atoms with E-state index in [1.807, 2.05) is 36.9 Å². The maximum absolute atomic E-state index is 12.8. The van der Waals surface area contributed by atoms with Gasteiger partial charge in [0.15, 0.2) is 0 Å². The molecule has 128 valence electrons. The van der Waals surface area contributed by atoms with Gasteiger partial charge < -0.3 is 19.5 Å². The highest BCUT2D eigenvalue weighted by Crippen LogP contribution is 2.32. The van der Waals surface area contributed by atoms with Gasteiger partial charge in [-0.05, 0) is 43.5 Å². The number of carbonyl (C=O) groups excluding carboxylic acids is 1. The van der Waals surface area contributed by atoms with Crippen LogP contribution in [0.2, 0.25) is 0 Å². The summed E-state index contributed by atoms with van der Waals surface area (Å²) in [6.07, 6.45) is 1.19. The van der Waals surface area contributed by atoms with Crippen LogP contribution < -0.4 is 4.74 Å². The number of amides is 1. The van der Waals surface area contributed by atoms with Crippen LogP contribution in [0.25, 0.3) is 0 Å². The minimum Gasteiger partial charge on any atom is -0.497 e. The Hall–Kier alpha value is -1.59. The Kier molecular flexibility index (Phi) is 5.65. The molecule has 1 aromatic rings. The number of likely N-dealkylation sites (tertiary alicyclic amines) is 1. The van der Waals surface area contributed by atoms with Gasteiger partial charge in [-0.15, -0.1) is 0 Å². The highest BCUT2D eigenvalue weighted by atomic mass is 16.5. The fourth-order valence-electron chi connectivity index (χ4n) is 3.17. The Balaban J connectivity index is 2.08. The lowest BCUT2D eigenvalue weighted by atomic mass is 9.79. The maximum atomic E-state index is 12.8. The third kappa shape index (κ3) is 3.85. The van der Waals surface area contributed by atoms with Crippen LogP contribution in [0.15, 0.2) is 18.2 Å². The molecule has 1 aliphatic heterocycles. The highest BCUT2D eigenvalue weighted by Gasteiger charge is 2.40. The summed E-state index contributed by atoms with van der Waals surface area (Å²) in [6.45, 7) is 5.57. The lowest BCUT2D eigenvalue weighted by molar-refractivity contribution is -0.0750. The largest absolute Gasteiger partial charge is 0.497 e. The van der Waals surface area contributed by atoms with E-state index in [-0.39, 0.29) is 11.8 Å². The zero-order valence-electron chi connectivity index (χ0n) is 14.5. The molecule has 0 saturated carbocycles. The second kappa shape index (κ2) is 7.32. The average molecular weight is 321 g/mol. The van der Waals surface area contributed by atoms with Crippen molar-refractivity contribution in [1.82, 2.24) is 4.90 Å². The molecular weight excluding hydrogens is 294 g/mol. The molecule has 1 N–H and O–H groups in total. The molecule has 0 aliphatic carbocycles. The second-order valence-corrected chi connectivity index (χ2v) is 6.43. The number of piperidine rings is 1. The number of nitrogens with zero attached hydrogens (tertiary/aromatic N) is 1. The van der Waals surface area contributed by atoms with E-state index in [9.17, 15) is 9.90 Å². The van der Waals surface area contributed by atoms with Crippen molar-refractivity contribution in [3.63, 3.8) is 0 Å². The molecule has 1 saturated heterocycles. The Morgan fingerprint density at radius 3 is 2.74 bits per heavy atom. The first-order valence-electron chi connectivity index (χ1n) is 8.06. The van der Waals surface area contributed by atoms with Gasteiger partial charge in [-0.1, -0.05) is 6.92 Å². The van der Waals surface area contributed by atoms with Crippen molar-refractivity contribution in [3.05, 3.63) is 29.3 Å². The summed E-state index contributed by atoms with van der Waals surface area (Å²) in [5, 5.41) is 10.7. The van der Waals surface area contributed by atoms with Crippen molar-refractivity contribution in [2.45, 2.75) is 32.3 Å². The Bertz CT molecular complexity index is 560. The van der Waals surface area contributed by atoms with Crippen LogP contribution in [0.3, 0.4) is 0 Å². The molecule has 1 heterocycles. The molecule has 23 heavy (non-hydrogen) atoms. The summed E-state index contributed by atoms with van der Waals surface area (Å²) in [4.78, 5) is 14.6. The monoisotopic (exact) mass is 321 g/mol. The van der Waals surface area contributed by atoms with Gasteiger partial charge in [0.25, 0.3) is 5.91 Å². The predicted octanol–water partition coefficient (Wildman–Crippen LogP) is 2.25. The molecule has 1 aromatic carbocycles. The highest BCUT2D eigenvalue weighted by molar-refractivity contribution is 5.95. The van der Waals surface area contributed by atoms with Crippen molar-refractivity contribution < 1.29 is 19.4 Å². The summed E-state index contributed by atoms with van der Waals surface area (Å²) in [6, 6.07) is 5.49. The average Bonchev–Trinajstić information content (AvgIpc) is 2.55. The summed E-state index contributed by atoms with van der Waals surface area (Å²) in [5.41, 5.74) is 0.851. The van der Waals surface area contributed by atoms with Crippen LogP contribution in [-0.4, -0.2) is 55.4 Å². The van der Waals surface area contributed by atoms with Crippen molar-refractivity contribution in [2.75, 3.05) is 33.9 Å². The number of aliphatic hydroxyl groups is 1. The number of benzene rings is 1. The molecule has 1 fully saturated rings. The summed E-state index contributed by atoms with van der Waals surface area (Å²) in [5.74, 6) is 0.791. The lowest BCUT2D eigenvalue weighted by Gasteiger charge is -2.43. The Morgan fingerprint density at radius 2 is 2.17 bits per heavy atom. The first kappa shape index (κ1) is 17.8. The van der Waals surface area contributed by atoms with Gasteiger partial charge in [-0.2, -0.15) is 0 Å². The quantitative estimate of drug-likeness (QED) is 0.904. The number of ether oxygens (including phenoxy) is 2. The standard InChI is InChI=1S/C18H27NO4/c1-13-11-15(23-4)5-6-16(13)17(20)19-9-7-18(21,8-10-22-3)14(2)12-19/h5-6,11,14,21H,7-10,12H2,1-4H3/t14-,18-/m1/s1. The Labute approximate surface area is 138 Å². The second-order valence-electron chi connectivity index (χ2n) is 6.43. The van der Waals surface area contributed by atoms with Crippen molar-refractivity contribution in [1.29, 1.82) is 0 Å². The summed E-state index contributed by atoms with van der Waals surface area (Å²) in [7, 11) is 3.25. The third-order valence-corrected chi connectivity index (χ3v) is 4.92. The van der Waals surface area contributed by atoms with Gasteiger partial charge in [-0.3, -0.25) is 4.79 Å². The molecule has 5 heteroatoms. The van der Waals surface area contributed by atoms with E-state index >= 15 is 0 Å². The van der Waals surface area contributed by atoms with Crippen molar-refractivity contribution >= 4 is 5.91 Å². The first-order chi connectivity index (χ1) is 10.9. The van der Waals surface area contributed by atoms with Crippen LogP contribution in [0, 0.1) is 12.8 Å². The minimum absolute atomic E-state index is 0.0193. The number of aryl methyl sites for hydroxylation is 1. The fraction of sp³-hybridized carbons (Fsp3) is 0.611. The van der Waals surface area contributed by atoms with E-state index in [0.29, 0.717) is 38.1 Å². The molecule has 0 bridgehead atoms. The number of rotatable bonds is 5. The zero-order chi connectivity index (χ0) is 17.0. The first-order valence-corrected chi connectivity index (χ1v) is 8.06. The van der Waals surface area contributed by atoms with Gasteiger partial charge in [0.2, 0.25) is 0 Å². The topological polar surface area (TPSA) is 59.0 Å². The maximum Gasteiger partial charge on any atom is 0.254 e. The molecule has 0 unspecified atom stereocenters. The van der Waals surface area contributed by atoms with E-state index in [0.717, 1.165) is 11.3 Å². The number of carbonyl (C=O) groups is 1. The van der Waals surface area contributed by atoms with Crippen molar-refractivity contribution in [2.24, 2.45) is 5.92 Å². The van der Waals surface area contributed by atoms with E-state index in [1.165, 1.54) is 0 Å². The molecule has 2 rings (SSSR count). The van der Waals surface area contributed by atoms with Crippen LogP contribution in [-0.2, 0) is 4.74 Å². The molecule has 0 spiro atoms. The molecule has 5 nitrogen and oxygen atoms in total. The van der Waals surface area contributed by atoms with Gasteiger partial charge in [0.1, 0.15) is 5.75 Å². The zero-order valence-corrected chi connectivity index (χ0v) is 14.5. The van der Waals surface area contributed by atoms with E-state index < -0.39 is 5.60 Å². The smallest absolute Gasteiger partial charge is 0.254 e. The summed E-state index contributed by atoms with van der Waals surface area (Å²) < 4.78 is 10.3. The molecule has 1 amide bonds. The fourth-order valence-corrected chi connectivity index (χ4v) is 3.17.